The van der Waals surface area contributed by atoms with E-state index in [9.17, 15) is 0 Å². The first-order valence-electron chi connectivity index (χ1n) is 4.10. The Kier molecular flexibility index (Phi) is 2.18. The van der Waals surface area contributed by atoms with E-state index in [4.69, 9.17) is 16.9 Å². The number of nitriles is 1. The molecule has 0 aliphatic heterocycles. The number of aromatic nitrogens is 1. The normalized spacial score (nSPS) is 10.4. The molecule has 0 spiro atoms. The highest BCUT2D eigenvalue weighted by atomic mass is 35.5. The van der Waals surface area contributed by atoms with Crippen molar-refractivity contribution >= 4 is 33.2 Å². The highest BCUT2D eigenvalue weighted by Gasteiger charge is 2.13. The van der Waals surface area contributed by atoms with Gasteiger partial charge in [-0.2, -0.15) is 5.26 Å². The van der Waals surface area contributed by atoms with Crippen LogP contribution in [0.5, 0.6) is 0 Å². The summed E-state index contributed by atoms with van der Waals surface area (Å²) in [6.45, 7) is 3.81. The Bertz CT molecular complexity index is 551. The molecule has 0 saturated carbocycles. The molecule has 0 saturated heterocycles. The lowest BCUT2D eigenvalue weighted by Gasteiger charge is -1.96. The summed E-state index contributed by atoms with van der Waals surface area (Å²) in [6, 6.07) is 3.95. The van der Waals surface area contributed by atoms with Crippen molar-refractivity contribution in [3.8, 4) is 6.07 Å². The van der Waals surface area contributed by atoms with Crippen LogP contribution in [0.25, 0.3) is 10.2 Å². The lowest BCUT2D eigenvalue weighted by atomic mass is 10.2. The standard InChI is InChI=1S/C10H7ClN2S/c1-5-3-8(11)9-7(4-12)6(2)14-10(9)13-5/h3H,1-2H3. The molecule has 0 bridgehead atoms. The van der Waals surface area contributed by atoms with Gasteiger partial charge < -0.3 is 0 Å². The molecule has 4 heteroatoms. The van der Waals surface area contributed by atoms with Crippen molar-refractivity contribution in [2.75, 3.05) is 0 Å². The van der Waals surface area contributed by atoms with E-state index in [-0.39, 0.29) is 0 Å². The molecule has 0 fully saturated rings. The fourth-order valence-electron chi connectivity index (χ4n) is 1.41. The summed E-state index contributed by atoms with van der Waals surface area (Å²) in [5, 5.41) is 10.4. The van der Waals surface area contributed by atoms with Crippen LogP contribution < -0.4 is 0 Å². The van der Waals surface area contributed by atoms with Gasteiger partial charge in [0.15, 0.2) is 0 Å². The van der Waals surface area contributed by atoms with Crippen molar-refractivity contribution in [1.29, 1.82) is 5.26 Å². The predicted octanol–water partition coefficient (Wildman–Crippen LogP) is 3.44. The average molecular weight is 223 g/mol. The Balaban J connectivity index is 2.97. The number of rotatable bonds is 0. The van der Waals surface area contributed by atoms with Crippen LogP contribution in [0.3, 0.4) is 0 Å². The summed E-state index contributed by atoms with van der Waals surface area (Å²) < 4.78 is 0. The number of hydrogen-bond donors (Lipinski definition) is 0. The van der Waals surface area contributed by atoms with Crippen LogP contribution >= 0.6 is 22.9 Å². The minimum Gasteiger partial charge on any atom is -0.242 e. The van der Waals surface area contributed by atoms with Gasteiger partial charge in [-0.15, -0.1) is 11.3 Å². The Labute approximate surface area is 90.8 Å². The van der Waals surface area contributed by atoms with Crippen LogP contribution in [0.2, 0.25) is 5.02 Å². The van der Waals surface area contributed by atoms with Crippen molar-refractivity contribution in [3.63, 3.8) is 0 Å². The van der Waals surface area contributed by atoms with Crippen LogP contribution in [0.4, 0.5) is 0 Å². The Morgan fingerprint density at radius 3 is 2.86 bits per heavy atom. The van der Waals surface area contributed by atoms with E-state index in [1.807, 2.05) is 13.8 Å². The largest absolute Gasteiger partial charge is 0.242 e. The summed E-state index contributed by atoms with van der Waals surface area (Å²) in [7, 11) is 0. The Morgan fingerprint density at radius 1 is 1.50 bits per heavy atom. The fraction of sp³-hybridized carbons (Fsp3) is 0.200. The van der Waals surface area contributed by atoms with E-state index < -0.39 is 0 Å². The van der Waals surface area contributed by atoms with Gasteiger partial charge in [0.1, 0.15) is 10.9 Å². The molecule has 0 radical (unpaired) electrons. The maximum atomic E-state index is 8.97. The molecule has 0 aliphatic rings. The second kappa shape index (κ2) is 3.23. The molecule has 14 heavy (non-hydrogen) atoms. The van der Waals surface area contributed by atoms with Crippen LogP contribution in [0.15, 0.2) is 6.07 Å². The topological polar surface area (TPSA) is 36.7 Å². The van der Waals surface area contributed by atoms with Crippen molar-refractivity contribution in [3.05, 3.63) is 27.2 Å². The molecule has 2 rings (SSSR count). The smallest absolute Gasteiger partial charge is 0.126 e. The van der Waals surface area contributed by atoms with Crippen LogP contribution in [0, 0.1) is 25.2 Å². The molecule has 2 aromatic heterocycles. The predicted molar refractivity (Wildman–Crippen MR) is 58.8 cm³/mol. The third-order valence-electron chi connectivity index (χ3n) is 2.03. The van der Waals surface area contributed by atoms with Crippen LogP contribution in [-0.2, 0) is 0 Å². The van der Waals surface area contributed by atoms with Gasteiger partial charge in [-0.3, -0.25) is 0 Å². The van der Waals surface area contributed by atoms with Crippen LogP contribution in [0.1, 0.15) is 16.1 Å². The number of pyridine rings is 1. The first-order chi connectivity index (χ1) is 6.63. The van der Waals surface area contributed by atoms with Crippen molar-refractivity contribution in [1.82, 2.24) is 4.98 Å². The highest BCUT2D eigenvalue weighted by molar-refractivity contribution is 7.19. The molecular formula is C10H7ClN2S. The molecule has 0 N–H and O–H groups in total. The summed E-state index contributed by atoms with van der Waals surface area (Å²) in [4.78, 5) is 6.17. The van der Waals surface area contributed by atoms with Crippen LogP contribution in [-0.4, -0.2) is 4.98 Å². The fourth-order valence-corrected chi connectivity index (χ4v) is 2.85. The molecule has 70 valence electrons. The first kappa shape index (κ1) is 9.45. The minimum absolute atomic E-state index is 0.619. The number of thiophene rings is 1. The zero-order valence-corrected chi connectivity index (χ0v) is 9.33. The van der Waals surface area contributed by atoms with E-state index in [1.165, 1.54) is 11.3 Å². The molecule has 0 amide bonds. The Morgan fingerprint density at radius 2 is 2.21 bits per heavy atom. The quantitative estimate of drug-likeness (QED) is 0.685. The van der Waals surface area contributed by atoms with E-state index in [1.54, 1.807) is 6.07 Å². The molecule has 0 unspecified atom stereocenters. The molecular weight excluding hydrogens is 216 g/mol. The monoisotopic (exact) mass is 222 g/mol. The third kappa shape index (κ3) is 1.28. The number of hydrogen-bond acceptors (Lipinski definition) is 3. The van der Waals surface area contributed by atoms with Gasteiger partial charge in [-0.05, 0) is 19.9 Å². The summed E-state index contributed by atoms with van der Waals surface area (Å²) >= 11 is 7.59. The SMILES string of the molecule is Cc1cc(Cl)c2c(C#N)c(C)sc2n1. The zero-order valence-electron chi connectivity index (χ0n) is 7.76. The first-order valence-corrected chi connectivity index (χ1v) is 5.29. The number of nitrogens with zero attached hydrogens (tertiary/aromatic N) is 2. The summed E-state index contributed by atoms with van der Waals surface area (Å²) in [6.07, 6.45) is 0. The van der Waals surface area contributed by atoms with Crippen molar-refractivity contribution < 1.29 is 0 Å². The van der Waals surface area contributed by atoms with E-state index >= 15 is 0 Å². The Hall–Kier alpha value is -1.11. The maximum absolute atomic E-state index is 8.97. The second-order valence-electron chi connectivity index (χ2n) is 3.07. The van der Waals surface area contributed by atoms with Gasteiger partial charge >= 0.3 is 0 Å². The molecule has 0 aromatic carbocycles. The third-order valence-corrected chi connectivity index (χ3v) is 3.33. The second-order valence-corrected chi connectivity index (χ2v) is 4.68. The molecule has 2 aromatic rings. The molecule has 0 aliphatic carbocycles. The van der Waals surface area contributed by atoms with Crippen molar-refractivity contribution in [2.24, 2.45) is 0 Å². The highest BCUT2D eigenvalue weighted by Crippen LogP contribution is 2.34. The average Bonchev–Trinajstić information content (AvgIpc) is 2.40. The number of halogens is 1. The van der Waals surface area contributed by atoms with E-state index in [0.29, 0.717) is 10.6 Å². The van der Waals surface area contributed by atoms with Gasteiger partial charge in [0.2, 0.25) is 0 Å². The van der Waals surface area contributed by atoms with Gasteiger partial charge in [0.25, 0.3) is 0 Å². The zero-order chi connectivity index (χ0) is 10.3. The van der Waals surface area contributed by atoms with E-state index in [2.05, 4.69) is 11.1 Å². The lowest BCUT2D eigenvalue weighted by Crippen LogP contribution is -1.81. The van der Waals surface area contributed by atoms with Gasteiger partial charge in [0.05, 0.1) is 10.6 Å². The number of fused-ring (bicyclic) bond motifs is 1. The maximum Gasteiger partial charge on any atom is 0.126 e. The minimum atomic E-state index is 0.619. The summed E-state index contributed by atoms with van der Waals surface area (Å²) in [5.74, 6) is 0. The van der Waals surface area contributed by atoms with Crippen molar-refractivity contribution in [2.45, 2.75) is 13.8 Å². The molecule has 2 nitrogen and oxygen atoms in total. The molecule has 0 atom stereocenters. The lowest BCUT2D eigenvalue weighted by molar-refractivity contribution is 1.27. The van der Waals surface area contributed by atoms with E-state index in [0.717, 1.165) is 20.8 Å². The molecule has 2 heterocycles. The van der Waals surface area contributed by atoms with Gasteiger partial charge in [-0.25, -0.2) is 4.98 Å². The van der Waals surface area contributed by atoms with Gasteiger partial charge in [0, 0.05) is 16.0 Å². The number of aryl methyl sites for hydroxylation is 2. The summed E-state index contributed by atoms with van der Waals surface area (Å²) in [5.41, 5.74) is 1.54. The van der Waals surface area contributed by atoms with Gasteiger partial charge in [-0.1, -0.05) is 11.6 Å².